The molecule has 1 atom stereocenters. The van der Waals surface area contributed by atoms with Crippen LogP contribution in [0.15, 0.2) is 78.8 Å². The molecule has 0 spiro atoms. The average molecular weight is 438 g/mol. The van der Waals surface area contributed by atoms with E-state index in [-0.39, 0.29) is 19.5 Å². The molecule has 0 aromatic heterocycles. The summed E-state index contributed by atoms with van der Waals surface area (Å²) in [4.78, 5) is 14.6. The van der Waals surface area contributed by atoms with E-state index in [1.54, 1.807) is 60.7 Å². The quantitative estimate of drug-likeness (QED) is 0.609. The van der Waals surface area contributed by atoms with Gasteiger partial charge in [-0.3, -0.25) is 4.79 Å². The minimum Gasteiger partial charge on any atom is -0.493 e. The highest BCUT2D eigenvalue weighted by molar-refractivity contribution is 5.91. The van der Waals surface area contributed by atoms with Crippen LogP contribution in [0.25, 0.3) is 0 Å². The van der Waals surface area contributed by atoms with Gasteiger partial charge < -0.3 is 15.4 Å². The minimum absolute atomic E-state index is 0.0162. The maximum Gasteiger partial charge on any atom is 0.232 e. The number of primary amides is 1. The van der Waals surface area contributed by atoms with Gasteiger partial charge in [0.25, 0.3) is 0 Å². The van der Waals surface area contributed by atoms with E-state index >= 15 is 0 Å². The molecule has 1 amide bonds. The van der Waals surface area contributed by atoms with Crippen LogP contribution < -0.4 is 10.5 Å². The lowest BCUT2D eigenvalue weighted by Gasteiger charge is -2.37. The minimum atomic E-state index is -3.15. The van der Waals surface area contributed by atoms with E-state index in [9.17, 15) is 4.79 Å². The first-order chi connectivity index (χ1) is 19.9. The number of amides is 1. The van der Waals surface area contributed by atoms with Gasteiger partial charge in [0.1, 0.15) is 11.2 Å². The number of fused-ring (bicyclic) bond motifs is 1. The fourth-order valence-corrected chi connectivity index (χ4v) is 4.63. The van der Waals surface area contributed by atoms with Crippen LogP contribution in [-0.2, 0) is 23.0 Å². The number of carbonyl (C=O) groups excluding carboxylic acids is 1. The second-order valence-electron chi connectivity index (χ2n) is 7.86. The van der Waals surface area contributed by atoms with Gasteiger partial charge in [0.05, 0.1) is 13.4 Å². The van der Waals surface area contributed by atoms with Crippen LogP contribution in [0.4, 0.5) is 0 Å². The number of rotatable bonds is 7. The number of nitrogens with two attached hydrogens (primary N) is 1. The van der Waals surface area contributed by atoms with Crippen molar-refractivity contribution in [2.75, 3.05) is 26.1 Å². The summed E-state index contributed by atoms with van der Waals surface area (Å²) in [6.45, 7) is -6.06. The number of hydrogen-bond acceptors (Lipinski definition) is 3. The fourth-order valence-electron chi connectivity index (χ4n) is 4.63. The van der Waals surface area contributed by atoms with E-state index in [1.807, 2.05) is 0 Å². The Hall–Kier alpha value is -3.11. The fraction of sp³-hybridized carbons (Fsp3) is 0.321. The summed E-state index contributed by atoms with van der Waals surface area (Å²) >= 11 is 0. The molecule has 2 aliphatic heterocycles. The van der Waals surface area contributed by atoms with E-state index in [0.29, 0.717) is 11.1 Å². The molecular formula is C28H30N2O2. The molecule has 2 N–H and O–H groups in total. The zero-order valence-corrected chi connectivity index (χ0v) is 17.3. The second kappa shape index (κ2) is 8.79. The van der Waals surface area contributed by atoms with Crippen molar-refractivity contribution in [3.8, 4) is 5.75 Å². The first kappa shape index (κ1) is 11.7. The molecule has 0 radical (unpaired) electrons. The lowest BCUT2D eigenvalue weighted by molar-refractivity contribution is -0.123. The van der Waals surface area contributed by atoms with Gasteiger partial charge in [-0.1, -0.05) is 72.7 Å². The SMILES string of the molecule is [2H]c1c([2H])c(C([2H])([2H])C([2H])([2H])N2CC[C@@H](C(C(N)=O)(c3ccccc3)c3ccccc3)C2)c([2H])c2c1OC([2H])([2H])C2([2H])[2H]. The Morgan fingerprint density at radius 3 is 2.50 bits per heavy atom. The van der Waals surface area contributed by atoms with Crippen molar-refractivity contribution < 1.29 is 24.6 Å². The van der Waals surface area contributed by atoms with Crippen molar-refractivity contribution in [1.82, 2.24) is 4.90 Å². The van der Waals surface area contributed by atoms with Crippen molar-refractivity contribution in [2.24, 2.45) is 11.7 Å². The topological polar surface area (TPSA) is 55.6 Å². The van der Waals surface area contributed by atoms with Crippen LogP contribution in [0.2, 0.25) is 0 Å². The second-order valence-corrected chi connectivity index (χ2v) is 7.86. The van der Waals surface area contributed by atoms with Crippen LogP contribution in [0.1, 0.15) is 43.8 Å². The van der Waals surface area contributed by atoms with Gasteiger partial charge in [-0.15, -0.1) is 0 Å². The van der Waals surface area contributed by atoms with Gasteiger partial charge in [-0.2, -0.15) is 0 Å². The summed E-state index contributed by atoms with van der Waals surface area (Å²) in [7, 11) is 0. The Morgan fingerprint density at radius 2 is 1.84 bits per heavy atom. The maximum absolute atomic E-state index is 13.4. The smallest absolute Gasteiger partial charge is 0.232 e. The number of nitrogens with zero attached hydrogens (tertiary/aromatic N) is 1. The molecule has 2 aliphatic rings. The predicted octanol–water partition coefficient (Wildman–Crippen LogP) is 3.96. The Morgan fingerprint density at radius 1 is 1.16 bits per heavy atom. The molecule has 2 heterocycles. The van der Waals surface area contributed by atoms with Crippen LogP contribution in [0.5, 0.6) is 5.75 Å². The summed E-state index contributed by atoms with van der Waals surface area (Å²) in [6.07, 6.45) is -5.87. The summed E-state index contributed by atoms with van der Waals surface area (Å²) in [5.41, 5.74) is 4.31. The molecule has 1 saturated heterocycles. The number of ether oxygens (including phenoxy) is 1. The van der Waals surface area contributed by atoms with Gasteiger partial charge in [-0.05, 0) is 53.6 Å². The van der Waals surface area contributed by atoms with Crippen molar-refractivity contribution >= 4 is 5.91 Å². The molecule has 3 aromatic rings. The first-order valence-corrected chi connectivity index (χ1v) is 10.4. The number of hydrogen-bond donors (Lipinski definition) is 1. The van der Waals surface area contributed by atoms with E-state index in [0.717, 1.165) is 0 Å². The Bertz CT molecular complexity index is 1530. The molecule has 4 nitrogen and oxygen atoms in total. The predicted molar refractivity (Wildman–Crippen MR) is 127 cm³/mol. The third-order valence-electron chi connectivity index (χ3n) is 6.09. The zero-order chi connectivity index (χ0) is 31.8. The molecule has 164 valence electrons. The number of benzene rings is 3. The first-order valence-electron chi connectivity index (χ1n) is 15.9. The van der Waals surface area contributed by atoms with Gasteiger partial charge in [0, 0.05) is 27.6 Å². The summed E-state index contributed by atoms with van der Waals surface area (Å²) in [6, 6.07) is 15.0. The van der Waals surface area contributed by atoms with E-state index in [2.05, 4.69) is 0 Å². The number of likely N-dealkylation sites (tertiary alicyclic amines) is 1. The van der Waals surface area contributed by atoms with E-state index in [1.165, 1.54) is 4.90 Å². The molecular weight excluding hydrogens is 396 g/mol. The third-order valence-corrected chi connectivity index (χ3v) is 6.09. The van der Waals surface area contributed by atoms with Crippen LogP contribution >= 0.6 is 0 Å². The van der Waals surface area contributed by atoms with Gasteiger partial charge in [0.2, 0.25) is 5.91 Å². The highest BCUT2D eigenvalue weighted by Gasteiger charge is 2.49. The maximum atomic E-state index is 13.4. The Labute approximate surface area is 205 Å². The van der Waals surface area contributed by atoms with Gasteiger partial charge >= 0.3 is 0 Å². The molecule has 5 rings (SSSR count). The Balaban J connectivity index is 1.60. The summed E-state index contributed by atoms with van der Waals surface area (Å²) < 4.78 is 98.5. The van der Waals surface area contributed by atoms with Crippen LogP contribution in [-0.4, -0.2) is 37.0 Å². The van der Waals surface area contributed by atoms with E-state index in [4.69, 9.17) is 25.5 Å². The lowest BCUT2D eigenvalue weighted by atomic mass is 9.64. The van der Waals surface area contributed by atoms with Crippen LogP contribution in [0, 0.1) is 5.92 Å². The highest BCUT2D eigenvalue weighted by Crippen LogP contribution is 2.43. The van der Waals surface area contributed by atoms with Crippen LogP contribution in [0.3, 0.4) is 0 Å². The molecule has 32 heavy (non-hydrogen) atoms. The number of carbonyl (C=O) groups is 1. The van der Waals surface area contributed by atoms with Crippen molar-refractivity contribution in [3.05, 3.63) is 101 Å². The Kier molecular flexibility index (Phi) is 3.21. The van der Waals surface area contributed by atoms with Gasteiger partial charge in [0.15, 0.2) is 0 Å². The molecule has 0 bridgehead atoms. The van der Waals surface area contributed by atoms with Gasteiger partial charge in [-0.25, -0.2) is 0 Å². The van der Waals surface area contributed by atoms with Crippen molar-refractivity contribution in [3.63, 3.8) is 0 Å². The molecule has 0 unspecified atom stereocenters. The molecule has 0 saturated carbocycles. The normalized spacial score (nSPS) is 27.4. The van der Waals surface area contributed by atoms with Crippen molar-refractivity contribution in [1.29, 1.82) is 0 Å². The molecule has 1 fully saturated rings. The highest BCUT2D eigenvalue weighted by atomic mass is 16.5. The standard InChI is InChI=1S/C28H30N2O2/c29-27(31)28(23-7-3-1-4-8-23,24-9-5-2-6-10-24)25-14-17-30(20-25)16-13-21-11-12-26-22(19-21)15-18-32-26/h1-12,19,25H,13-18,20H2,(H2,29,31)/t25-/m1/s1/i11D,12D,13D2,15D2,16D2,18D2,19D. The summed E-state index contributed by atoms with van der Waals surface area (Å²) in [5.74, 6) is -1.94. The lowest BCUT2D eigenvalue weighted by Crippen LogP contribution is -2.49. The average Bonchev–Trinajstić information content (AvgIpc) is 3.50. The molecule has 4 heteroatoms. The van der Waals surface area contributed by atoms with E-state index < -0.39 is 78.0 Å². The van der Waals surface area contributed by atoms with Crippen molar-refractivity contribution in [2.45, 2.75) is 24.6 Å². The third kappa shape index (κ3) is 3.69. The zero-order valence-electron chi connectivity index (χ0n) is 28.3. The largest absolute Gasteiger partial charge is 0.493 e. The summed E-state index contributed by atoms with van der Waals surface area (Å²) in [5, 5.41) is 0. The monoisotopic (exact) mass is 437 g/mol. The molecule has 0 aliphatic carbocycles. The molecule has 3 aromatic carbocycles.